The van der Waals surface area contributed by atoms with Crippen molar-refractivity contribution in [1.82, 2.24) is 4.98 Å². The first kappa shape index (κ1) is 34.7. The maximum atomic E-state index is 15.5. The predicted molar refractivity (Wildman–Crippen MR) is 183 cm³/mol. The first-order valence-corrected chi connectivity index (χ1v) is 17.6. The molecule has 4 aromatic rings. The largest absolute Gasteiger partial charge is 0.481 e. The zero-order chi connectivity index (χ0) is 34.9. The fourth-order valence-corrected chi connectivity index (χ4v) is 8.41. The fourth-order valence-electron chi connectivity index (χ4n) is 6.41. The average molecular weight is 679 g/mol. The summed E-state index contributed by atoms with van der Waals surface area (Å²) < 4.78 is 63.8. The lowest BCUT2D eigenvalue weighted by Gasteiger charge is -2.32. The molecule has 2 heterocycles. The number of nitrogens with one attached hydrogen (secondary N) is 2. The Balaban J connectivity index is 1.62. The van der Waals surface area contributed by atoms with Gasteiger partial charge in [0.25, 0.3) is 0 Å². The molecule has 9 nitrogen and oxygen atoms in total. The molecule has 5 N–H and O–H groups in total. The van der Waals surface area contributed by atoms with Crippen molar-refractivity contribution in [3.63, 3.8) is 0 Å². The summed E-state index contributed by atoms with van der Waals surface area (Å²) in [6, 6.07) is 13.9. The number of nitrogens with two attached hydrogens (primary N) is 1. The number of benzene rings is 3. The zero-order valence-corrected chi connectivity index (χ0v) is 28.0. The Morgan fingerprint density at radius 1 is 1.08 bits per heavy atom. The molecule has 2 bridgehead atoms. The number of hydrogen-bond donors (Lipinski definition) is 4. The molecule has 1 aliphatic rings. The molecule has 0 radical (unpaired) electrons. The van der Waals surface area contributed by atoms with E-state index in [1.807, 2.05) is 39.0 Å². The highest BCUT2D eigenvalue weighted by Gasteiger charge is 2.34. The van der Waals surface area contributed by atoms with Gasteiger partial charge in [0.15, 0.2) is 27.2 Å². The van der Waals surface area contributed by atoms with Gasteiger partial charge in [-0.3, -0.25) is 10.2 Å². The molecule has 0 spiro atoms. The average Bonchev–Trinajstić information content (AvgIpc) is 3.47. The van der Waals surface area contributed by atoms with Crippen LogP contribution in [-0.4, -0.2) is 47.7 Å². The van der Waals surface area contributed by atoms with Crippen LogP contribution in [0.3, 0.4) is 0 Å². The minimum absolute atomic E-state index is 0.0130. The molecule has 12 heteroatoms. The third-order valence-electron chi connectivity index (χ3n) is 9.07. The Kier molecular flexibility index (Phi) is 9.77. The topological polar surface area (TPSA) is 159 Å². The number of H-pyrrole nitrogens is 1. The van der Waals surface area contributed by atoms with E-state index >= 15 is 8.78 Å². The summed E-state index contributed by atoms with van der Waals surface area (Å²) in [5, 5.41) is 18.6. The van der Waals surface area contributed by atoms with Gasteiger partial charge < -0.3 is 20.6 Å². The van der Waals surface area contributed by atoms with E-state index in [4.69, 9.17) is 15.9 Å². The van der Waals surface area contributed by atoms with Crippen LogP contribution >= 0.6 is 0 Å². The van der Waals surface area contributed by atoms with Crippen LogP contribution in [0.5, 0.6) is 11.5 Å². The monoisotopic (exact) mass is 678 g/mol. The lowest BCUT2D eigenvalue weighted by molar-refractivity contribution is -0.136. The van der Waals surface area contributed by atoms with E-state index in [-0.39, 0.29) is 47.2 Å². The number of carboxylic acids is 1. The Hall–Kier alpha value is -4.58. The molecule has 254 valence electrons. The van der Waals surface area contributed by atoms with E-state index in [1.54, 1.807) is 18.3 Å². The number of hydrogen-bond acceptors (Lipinski definition) is 6. The van der Waals surface area contributed by atoms with Crippen LogP contribution in [0.1, 0.15) is 68.7 Å². The molecular formula is C36H40F2N4O5S. The number of aliphatic imine (C=N–C) groups is 1. The van der Waals surface area contributed by atoms with E-state index in [2.05, 4.69) is 9.98 Å². The second kappa shape index (κ2) is 13.5. The lowest BCUT2D eigenvalue weighted by Crippen LogP contribution is -2.40. The summed E-state index contributed by atoms with van der Waals surface area (Å²) in [6.45, 7) is 5.63. The Morgan fingerprint density at radius 3 is 2.60 bits per heavy atom. The number of aromatic nitrogens is 1. The van der Waals surface area contributed by atoms with Crippen molar-refractivity contribution >= 4 is 38.4 Å². The van der Waals surface area contributed by atoms with Gasteiger partial charge in [0.05, 0.1) is 17.1 Å². The Bertz CT molecular complexity index is 2020. The van der Waals surface area contributed by atoms with Gasteiger partial charge in [-0.25, -0.2) is 22.2 Å². The Labute approximate surface area is 278 Å². The molecule has 48 heavy (non-hydrogen) atoms. The SMILES string of the molecule is CC1(C)CCCC(C)(c2cccc(CCC(=O)O)c2)/C(N)=N/C(=N)c2cc(ccc2F)Oc2c(F)cc3[nH]ccc3c2CCS(=O)(=O)C1. The van der Waals surface area contributed by atoms with Crippen LogP contribution in [0.15, 0.2) is 65.8 Å². The predicted octanol–water partition coefficient (Wildman–Crippen LogP) is 7.06. The summed E-state index contributed by atoms with van der Waals surface area (Å²) in [6.07, 6.45) is 3.34. The fraction of sp³-hybridized carbons (Fsp3) is 0.361. The highest BCUT2D eigenvalue weighted by molar-refractivity contribution is 7.91. The molecule has 1 aliphatic heterocycles. The van der Waals surface area contributed by atoms with Crippen LogP contribution in [-0.2, 0) is 32.9 Å². The Morgan fingerprint density at radius 2 is 1.85 bits per heavy atom. The van der Waals surface area contributed by atoms with Gasteiger partial charge in [0.1, 0.15) is 17.4 Å². The van der Waals surface area contributed by atoms with E-state index in [9.17, 15) is 18.3 Å². The van der Waals surface area contributed by atoms with Crippen molar-refractivity contribution in [2.75, 3.05) is 11.5 Å². The van der Waals surface area contributed by atoms with E-state index in [0.29, 0.717) is 42.1 Å². The number of fused-ring (bicyclic) bond motifs is 5. The van der Waals surface area contributed by atoms with Gasteiger partial charge in [-0.1, -0.05) is 44.5 Å². The molecule has 0 amide bonds. The van der Waals surface area contributed by atoms with Gasteiger partial charge in [-0.15, -0.1) is 0 Å². The summed E-state index contributed by atoms with van der Waals surface area (Å²) in [5.41, 5.74) is 7.21. The van der Waals surface area contributed by atoms with E-state index < -0.39 is 44.1 Å². The van der Waals surface area contributed by atoms with Crippen LogP contribution in [0.25, 0.3) is 10.9 Å². The number of nitrogens with zero attached hydrogens (tertiary/aromatic N) is 1. The summed E-state index contributed by atoms with van der Waals surface area (Å²) >= 11 is 0. The number of rotatable bonds is 4. The second-order valence-corrected chi connectivity index (χ2v) is 15.7. The van der Waals surface area contributed by atoms with E-state index in [0.717, 1.165) is 17.2 Å². The van der Waals surface area contributed by atoms with E-state index in [1.165, 1.54) is 18.2 Å². The summed E-state index contributed by atoms with van der Waals surface area (Å²) in [5.74, 6) is -3.33. The number of carbonyl (C=O) groups is 1. The molecule has 1 aromatic heterocycles. The van der Waals surface area contributed by atoms with Crippen LogP contribution in [0, 0.1) is 22.5 Å². The normalized spacial score (nSPS) is 21.3. The highest BCUT2D eigenvalue weighted by atomic mass is 32.2. The molecule has 0 saturated carbocycles. The summed E-state index contributed by atoms with van der Waals surface area (Å²) in [7, 11) is -3.62. The molecule has 0 aliphatic carbocycles. The van der Waals surface area contributed by atoms with Gasteiger partial charge >= 0.3 is 5.97 Å². The molecular weight excluding hydrogens is 638 g/mol. The smallest absolute Gasteiger partial charge is 0.303 e. The van der Waals surface area contributed by atoms with Crippen molar-refractivity contribution in [3.05, 3.63) is 94.7 Å². The molecule has 3 aromatic carbocycles. The van der Waals surface area contributed by atoms with Crippen molar-refractivity contribution in [2.24, 2.45) is 16.1 Å². The standard InChI is InChI=1S/C36H40F2N4O5S/c1-35(2)14-5-15-36(3,23-7-4-6-22(18-23)8-11-31(43)44)34(40)42-33(39)27-19-24(9-10-28(27)37)47-32-26(13-17-48(45,46)21-35)25-12-16-41-30(25)20-29(32)38/h4,6-7,9-10,12,16,18-20,41H,5,8,11,13-15,17,21H2,1-3H3,(H,43,44)(H3,39,40,42). The molecule has 1 unspecified atom stereocenters. The number of sulfone groups is 1. The van der Waals surface area contributed by atoms with Gasteiger partial charge in [0.2, 0.25) is 0 Å². The molecule has 1 atom stereocenters. The minimum atomic E-state index is -3.62. The maximum absolute atomic E-state index is 15.5. The third kappa shape index (κ3) is 7.75. The van der Waals surface area contributed by atoms with Gasteiger partial charge in [-0.2, -0.15) is 0 Å². The third-order valence-corrected chi connectivity index (χ3v) is 11.1. The highest BCUT2D eigenvalue weighted by Crippen LogP contribution is 2.38. The number of ether oxygens (including phenoxy) is 1. The zero-order valence-electron chi connectivity index (χ0n) is 27.2. The number of aryl methyl sites for hydroxylation is 2. The first-order chi connectivity index (χ1) is 22.6. The number of aliphatic carboxylic acids is 1. The molecule has 5 rings (SSSR count). The van der Waals surface area contributed by atoms with Crippen LogP contribution in [0.4, 0.5) is 8.78 Å². The number of carboxylic acid groups (broad SMARTS) is 1. The number of halogens is 2. The van der Waals surface area contributed by atoms with Crippen molar-refractivity contribution in [3.8, 4) is 11.5 Å². The van der Waals surface area contributed by atoms with Gasteiger partial charge in [0, 0.05) is 40.6 Å². The van der Waals surface area contributed by atoms with Crippen molar-refractivity contribution in [2.45, 2.75) is 64.7 Å². The number of amidine groups is 2. The molecule has 0 saturated heterocycles. The van der Waals surface area contributed by atoms with Crippen LogP contribution < -0.4 is 10.5 Å². The molecule has 0 fully saturated rings. The van der Waals surface area contributed by atoms with Gasteiger partial charge in [-0.05, 0) is 73.4 Å². The number of aromatic amines is 1. The lowest BCUT2D eigenvalue weighted by atomic mass is 9.75. The first-order valence-electron chi connectivity index (χ1n) is 15.8. The second-order valence-electron chi connectivity index (χ2n) is 13.5. The van der Waals surface area contributed by atoms with Crippen molar-refractivity contribution < 1.29 is 31.8 Å². The summed E-state index contributed by atoms with van der Waals surface area (Å²) in [4.78, 5) is 18.6. The van der Waals surface area contributed by atoms with Crippen LogP contribution in [0.2, 0.25) is 0 Å². The minimum Gasteiger partial charge on any atom is -0.481 e. The van der Waals surface area contributed by atoms with Crippen molar-refractivity contribution in [1.29, 1.82) is 5.41 Å². The quantitative estimate of drug-likeness (QED) is 0.181. The maximum Gasteiger partial charge on any atom is 0.303 e.